The molecule has 0 radical (unpaired) electrons. The van der Waals surface area contributed by atoms with Crippen molar-refractivity contribution in [2.45, 2.75) is 123 Å². The first-order chi connectivity index (χ1) is 12.8. The Labute approximate surface area is 172 Å². The van der Waals surface area contributed by atoms with Crippen LogP contribution in [0.3, 0.4) is 0 Å². The van der Waals surface area contributed by atoms with Crippen molar-refractivity contribution in [3.63, 3.8) is 0 Å². The van der Waals surface area contributed by atoms with Gasteiger partial charge in [0.05, 0.1) is 0 Å². The van der Waals surface area contributed by atoms with Crippen molar-refractivity contribution >= 4 is 8.32 Å². The van der Waals surface area contributed by atoms with Crippen LogP contribution < -0.4 is 0 Å². The van der Waals surface area contributed by atoms with E-state index in [9.17, 15) is 0 Å². The molecule has 0 aromatic heterocycles. The molecule has 0 amide bonds. The molecule has 2 heteroatoms. The summed E-state index contributed by atoms with van der Waals surface area (Å²) >= 11 is 0. The topological polar surface area (TPSA) is 9.23 Å². The van der Waals surface area contributed by atoms with Gasteiger partial charge in [-0.2, -0.15) is 0 Å². The molecule has 0 saturated heterocycles. The monoisotopic (exact) mass is 392 g/mol. The Morgan fingerprint density at radius 3 is 1.96 bits per heavy atom. The third-order valence-corrected chi connectivity index (χ3v) is 10.2. The quantitative estimate of drug-likeness (QED) is 0.110. The van der Waals surface area contributed by atoms with Crippen molar-refractivity contribution in [3.8, 4) is 0 Å². The molecule has 0 aliphatic carbocycles. The zero-order valence-electron chi connectivity index (χ0n) is 19.4. The zero-order valence-corrected chi connectivity index (χ0v) is 20.4. The van der Waals surface area contributed by atoms with Crippen LogP contribution in [0.25, 0.3) is 0 Å². The highest BCUT2D eigenvalue weighted by molar-refractivity contribution is 6.74. The third kappa shape index (κ3) is 16.1. The molecule has 0 saturated carbocycles. The summed E-state index contributed by atoms with van der Waals surface area (Å²) in [5, 5.41) is 0.298. The summed E-state index contributed by atoms with van der Waals surface area (Å²) in [7, 11) is -1.58. The third-order valence-electron chi connectivity index (χ3n) is 5.66. The number of hydrogen-bond acceptors (Lipinski definition) is 1. The fourth-order valence-corrected chi connectivity index (χ4v) is 3.74. The first-order valence-corrected chi connectivity index (χ1v) is 14.4. The van der Waals surface area contributed by atoms with Gasteiger partial charge in [-0.05, 0) is 56.0 Å². The average Bonchev–Trinajstić information content (AvgIpc) is 2.59. The van der Waals surface area contributed by atoms with Gasteiger partial charge in [0.15, 0.2) is 8.32 Å². The van der Waals surface area contributed by atoms with Gasteiger partial charge in [-0.15, -0.1) is 5.73 Å². The lowest BCUT2D eigenvalue weighted by atomic mass is 10.1. The lowest BCUT2D eigenvalue weighted by Gasteiger charge is -2.36. The second-order valence-corrected chi connectivity index (χ2v) is 14.1. The maximum absolute atomic E-state index is 6.16. The zero-order chi connectivity index (χ0) is 20.4. The lowest BCUT2D eigenvalue weighted by Crippen LogP contribution is -2.40. The molecule has 0 aromatic rings. The van der Waals surface area contributed by atoms with Gasteiger partial charge in [0.1, 0.15) is 0 Å². The molecule has 0 aromatic carbocycles. The molecule has 27 heavy (non-hydrogen) atoms. The highest BCUT2D eigenvalue weighted by atomic mass is 28.4. The van der Waals surface area contributed by atoms with Crippen LogP contribution in [0.4, 0.5) is 0 Å². The van der Waals surface area contributed by atoms with Crippen molar-refractivity contribution in [2.75, 3.05) is 6.61 Å². The molecular formula is C25H48OSi. The van der Waals surface area contributed by atoms with Gasteiger partial charge in [0.2, 0.25) is 0 Å². The molecule has 0 rings (SSSR count). The summed E-state index contributed by atoms with van der Waals surface area (Å²) in [5.41, 5.74) is 3.28. The van der Waals surface area contributed by atoms with E-state index in [0.717, 1.165) is 19.4 Å². The van der Waals surface area contributed by atoms with Crippen LogP contribution in [-0.2, 0) is 4.43 Å². The van der Waals surface area contributed by atoms with E-state index in [4.69, 9.17) is 4.43 Å². The summed E-state index contributed by atoms with van der Waals surface area (Å²) in [4.78, 5) is 0. The Morgan fingerprint density at radius 2 is 1.37 bits per heavy atom. The highest BCUT2D eigenvalue weighted by Gasteiger charge is 2.36. The second kappa shape index (κ2) is 16.4. The van der Waals surface area contributed by atoms with Crippen LogP contribution in [0.2, 0.25) is 18.1 Å². The van der Waals surface area contributed by atoms with E-state index >= 15 is 0 Å². The summed E-state index contributed by atoms with van der Waals surface area (Å²) in [6, 6.07) is 0. The molecular weight excluding hydrogens is 344 g/mol. The highest BCUT2D eigenvalue weighted by Crippen LogP contribution is 2.36. The van der Waals surface area contributed by atoms with Crippen LogP contribution in [0, 0.1) is 0 Å². The Morgan fingerprint density at radius 1 is 0.778 bits per heavy atom. The van der Waals surface area contributed by atoms with Gasteiger partial charge in [0.25, 0.3) is 0 Å². The summed E-state index contributed by atoms with van der Waals surface area (Å²) in [5.74, 6) is 0. The van der Waals surface area contributed by atoms with Crippen LogP contribution >= 0.6 is 0 Å². The number of allylic oxidation sites excluding steroid dienone is 2. The standard InChI is InChI=1S/C25H48OSi/c1-7-8-9-10-11-12-13-14-15-16-17-18-19-20-21-22-23-24-26-27(5,6)25(2,3)4/h17-18,20,22H,7-16,19,23-24H2,1-6H3/b18-17-. The van der Waals surface area contributed by atoms with E-state index in [0.29, 0.717) is 5.04 Å². The number of rotatable bonds is 16. The van der Waals surface area contributed by atoms with E-state index in [1.54, 1.807) is 0 Å². The molecule has 0 aliphatic heterocycles. The van der Waals surface area contributed by atoms with Crippen LogP contribution in [0.5, 0.6) is 0 Å². The smallest absolute Gasteiger partial charge is 0.191 e. The Balaban J connectivity index is 3.53. The molecule has 0 atom stereocenters. The van der Waals surface area contributed by atoms with Crippen molar-refractivity contribution in [2.24, 2.45) is 0 Å². The Hall–Kier alpha value is -0.563. The minimum Gasteiger partial charge on any atom is -0.416 e. The average molecular weight is 393 g/mol. The minimum absolute atomic E-state index is 0.298. The second-order valence-electron chi connectivity index (χ2n) is 9.30. The van der Waals surface area contributed by atoms with E-state index < -0.39 is 8.32 Å². The van der Waals surface area contributed by atoms with Gasteiger partial charge in [-0.1, -0.05) is 91.2 Å². The predicted molar refractivity (Wildman–Crippen MR) is 126 cm³/mol. The lowest BCUT2D eigenvalue weighted by molar-refractivity contribution is 0.294. The molecule has 0 fully saturated rings. The fraction of sp³-hybridized carbons (Fsp3) is 0.800. The largest absolute Gasteiger partial charge is 0.416 e. The van der Waals surface area contributed by atoms with Gasteiger partial charge in [-0.3, -0.25) is 0 Å². The summed E-state index contributed by atoms with van der Waals surface area (Å²) in [6.45, 7) is 14.6. The van der Waals surface area contributed by atoms with E-state index in [2.05, 4.69) is 70.8 Å². The molecule has 0 heterocycles. The maximum Gasteiger partial charge on any atom is 0.191 e. The molecule has 0 spiro atoms. The van der Waals surface area contributed by atoms with Gasteiger partial charge < -0.3 is 4.43 Å². The first-order valence-electron chi connectivity index (χ1n) is 11.5. The molecule has 0 bridgehead atoms. The van der Waals surface area contributed by atoms with Gasteiger partial charge >= 0.3 is 0 Å². The molecule has 0 unspecified atom stereocenters. The molecule has 0 N–H and O–H groups in total. The van der Waals surface area contributed by atoms with Crippen LogP contribution in [0.1, 0.15) is 105 Å². The van der Waals surface area contributed by atoms with E-state index in [1.807, 2.05) is 0 Å². The number of hydrogen-bond donors (Lipinski definition) is 0. The fourth-order valence-electron chi connectivity index (χ4n) is 2.68. The first kappa shape index (κ1) is 26.4. The Kier molecular flexibility index (Phi) is 16.1. The Bertz CT molecular complexity index is 422. The minimum atomic E-state index is -1.58. The molecule has 0 aliphatic rings. The van der Waals surface area contributed by atoms with Crippen LogP contribution in [0.15, 0.2) is 30.0 Å². The normalized spacial score (nSPS) is 12.4. The van der Waals surface area contributed by atoms with Crippen molar-refractivity contribution in [1.29, 1.82) is 0 Å². The number of unbranched alkanes of at least 4 members (excludes halogenated alkanes) is 9. The summed E-state index contributed by atoms with van der Waals surface area (Å²) in [6.07, 6.45) is 24.7. The molecule has 1 nitrogen and oxygen atoms in total. The molecule has 158 valence electrons. The van der Waals surface area contributed by atoms with Gasteiger partial charge in [-0.25, -0.2) is 0 Å². The maximum atomic E-state index is 6.16. The van der Waals surface area contributed by atoms with Crippen molar-refractivity contribution in [1.82, 2.24) is 0 Å². The predicted octanol–water partition coefficient (Wildman–Crippen LogP) is 8.98. The van der Waals surface area contributed by atoms with Crippen molar-refractivity contribution < 1.29 is 4.43 Å². The van der Waals surface area contributed by atoms with E-state index in [1.165, 1.54) is 64.2 Å². The van der Waals surface area contributed by atoms with Crippen LogP contribution in [-0.4, -0.2) is 14.9 Å². The van der Waals surface area contributed by atoms with Crippen molar-refractivity contribution in [3.05, 3.63) is 30.0 Å². The van der Waals surface area contributed by atoms with Gasteiger partial charge in [0, 0.05) is 6.61 Å². The SMILES string of the molecule is CCCCCCCCCCC/C=C\CC=C=CCCO[Si](C)(C)C(C)(C)C. The van der Waals surface area contributed by atoms with E-state index in [-0.39, 0.29) is 0 Å². The summed E-state index contributed by atoms with van der Waals surface area (Å²) < 4.78 is 6.16.